The summed E-state index contributed by atoms with van der Waals surface area (Å²) in [6.07, 6.45) is 1.67. The lowest BCUT2D eigenvalue weighted by Crippen LogP contribution is -2.23. The van der Waals surface area contributed by atoms with Crippen LogP contribution < -0.4 is 9.64 Å². The summed E-state index contributed by atoms with van der Waals surface area (Å²) in [6.45, 7) is 3.03. The molecule has 4 nitrogen and oxygen atoms in total. The summed E-state index contributed by atoms with van der Waals surface area (Å²) in [5, 5.41) is 8.16. The molecular formula is C15H14FN3O. The van der Waals surface area contributed by atoms with Gasteiger partial charge in [-0.2, -0.15) is 0 Å². The molecule has 0 saturated heterocycles. The van der Waals surface area contributed by atoms with E-state index >= 15 is 0 Å². The molecule has 3 rings (SSSR count). The second-order valence-corrected chi connectivity index (χ2v) is 4.52. The summed E-state index contributed by atoms with van der Waals surface area (Å²) >= 11 is 0. The van der Waals surface area contributed by atoms with Gasteiger partial charge < -0.3 is 9.64 Å². The molecule has 0 amide bonds. The molecule has 1 aromatic carbocycles. The maximum Gasteiger partial charge on any atom is 0.213 e. The average Bonchev–Trinajstić information content (AvgIpc) is 2.77. The van der Waals surface area contributed by atoms with Crippen LogP contribution in [-0.4, -0.2) is 17.4 Å². The lowest BCUT2D eigenvalue weighted by molar-refractivity contribution is 0.327. The summed E-state index contributed by atoms with van der Waals surface area (Å²) in [5.74, 6) is 0.538. The zero-order chi connectivity index (χ0) is 14.1. The van der Waals surface area contributed by atoms with Crippen LogP contribution in [-0.2, 0) is 6.54 Å². The Morgan fingerprint density at radius 2 is 2.20 bits per heavy atom. The lowest BCUT2D eigenvalue weighted by atomic mass is 10.1. The maximum atomic E-state index is 13.3. The van der Waals surface area contributed by atoms with Crippen LogP contribution in [0.4, 0.5) is 10.1 Å². The van der Waals surface area contributed by atoms with Crippen molar-refractivity contribution in [1.29, 1.82) is 5.41 Å². The zero-order valence-corrected chi connectivity index (χ0v) is 11.1. The van der Waals surface area contributed by atoms with Gasteiger partial charge in [0.15, 0.2) is 0 Å². The summed E-state index contributed by atoms with van der Waals surface area (Å²) in [5.41, 5.74) is 2.39. The highest BCUT2D eigenvalue weighted by Crippen LogP contribution is 2.28. The molecule has 0 fully saturated rings. The summed E-state index contributed by atoms with van der Waals surface area (Å²) in [6, 6.07) is 8.18. The van der Waals surface area contributed by atoms with Crippen LogP contribution in [0.2, 0.25) is 0 Å². The van der Waals surface area contributed by atoms with E-state index in [0.29, 0.717) is 30.4 Å². The van der Waals surface area contributed by atoms with E-state index < -0.39 is 0 Å². The number of rotatable bonds is 3. The van der Waals surface area contributed by atoms with E-state index in [4.69, 9.17) is 10.1 Å². The fourth-order valence-electron chi connectivity index (χ4n) is 2.29. The summed E-state index contributed by atoms with van der Waals surface area (Å²) in [7, 11) is 0. The molecule has 20 heavy (non-hydrogen) atoms. The van der Waals surface area contributed by atoms with Gasteiger partial charge in [0.05, 0.1) is 25.0 Å². The molecule has 2 aromatic rings. The fourth-order valence-corrected chi connectivity index (χ4v) is 2.29. The van der Waals surface area contributed by atoms with E-state index in [1.807, 2.05) is 13.0 Å². The first-order chi connectivity index (χ1) is 9.69. The van der Waals surface area contributed by atoms with Crippen molar-refractivity contribution in [2.75, 3.05) is 11.5 Å². The molecule has 1 aliphatic rings. The molecule has 0 saturated carbocycles. The van der Waals surface area contributed by atoms with Crippen molar-refractivity contribution in [3.63, 3.8) is 0 Å². The van der Waals surface area contributed by atoms with E-state index in [2.05, 4.69) is 4.98 Å². The molecule has 0 aliphatic carbocycles. The van der Waals surface area contributed by atoms with Crippen LogP contribution in [0.15, 0.2) is 36.5 Å². The van der Waals surface area contributed by atoms with Crippen molar-refractivity contribution in [3.05, 3.63) is 53.5 Å². The van der Waals surface area contributed by atoms with Gasteiger partial charge in [0.2, 0.25) is 5.88 Å². The number of ether oxygens (including phenoxy) is 1. The van der Waals surface area contributed by atoms with Crippen LogP contribution in [0, 0.1) is 11.2 Å². The van der Waals surface area contributed by atoms with Gasteiger partial charge in [-0.1, -0.05) is 6.07 Å². The molecule has 2 heterocycles. The molecule has 1 aliphatic heterocycles. The zero-order valence-electron chi connectivity index (χ0n) is 11.1. The van der Waals surface area contributed by atoms with E-state index in [9.17, 15) is 4.39 Å². The van der Waals surface area contributed by atoms with Crippen molar-refractivity contribution >= 4 is 11.5 Å². The Hall–Kier alpha value is -2.43. The van der Waals surface area contributed by atoms with Crippen molar-refractivity contribution < 1.29 is 9.13 Å². The minimum absolute atomic E-state index is 0.297. The van der Waals surface area contributed by atoms with E-state index in [1.165, 1.54) is 12.1 Å². The van der Waals surface area contributed by atoms with E-state index in [1.54, 1.807) is 23.2 Å². The SMILES string of the molecule is CCOc1ccc(N2Cc3ccc(F)cc3C2=N)cn1. The lowest BCUT2D eigenvalue weighted by Gasteiger charge is -2.17. The van der Waals surface area contributed by atoms with E-state index in [-0.39, 0.29) is 5.82 Å². The van der Waals surface area contributed by atoms with Crippen LogP contribution in [0.1, 0.15) is 18.1 Å². The second-order valence-electron chi connectivity index (χ2n) is 4.52. The third-order valence-corrected chi connectivity index (χ3v) is 3.25. The van der Waals surface area contributed by atoms with E-state index in [0.717, 1.165) is 11.3 Å². The van der Waals surface area contributed by atoms with Crippen LogP contribution in [0.3, 0.4) is 0 Å². The van der Waals surface area contributed by atoms with Gasteiger partial charge in [-0.15, -0.1) is 0 Å². The monoisotopic (exact) mass is 271 g/mol. The molecule has 1 aromatic heterocycles. The number of fused-ring (bicyclic) bond motifs is 1. The smallest absolute Gasteiger partial charge is 0.213 e. The number of hydrogen-bond donors (Lipinski definition) is 1. The molecule has 5 heteroatoms. The van der Waals surface area contributed by atoms with Gasteiger partial charge in [0, 0.05) is 11.6 Å². The highest BCUT2D eigenvalue weighted by atomic mass is 19.1. The first-order valence-electron chi connectivity index (χ1n) is 6.43. The third kappa shape index (κ3) is 2.11. The number of aromatic nitrogens is 1. The van der Waals surface area contributed by atoms with Crippen LogP contribution in [0.25, 0.3) is 0 Å². The Bertz CT molecular complexity index is 655. The Balaban J connectivity index is 1.88. The molecule has 1 N–H and O–H groups in total. The van der Waals surface area contributed by atoms with Crippen molar-refractivity contribution in [2.24, 2.45) is 0 Å². The Labute approximate surface area is 116 Å². The summed E-state index contributed by atoms with van der Waals surface area (Å²) in [4.78, 5) is 5.99. The number of hydrogen-bond acceptors (Lipinski definition) is 3. The number of pyridine rings is 1. The number of halogens is 1. The first-order valence-corrected chi connectivity index (χ1v) is 6.43. The average molecular weight is 271 g/mol. The quantitative estimate of drug-likeness (QED) is 0.933. The van der Waals surface area contributed by atoms with Gasteiger partial charge >= 0.3 is 0 Å². The first kappa shape index (κ1) is 12.6. The van der Waals surface area contributed by atoms with Crippen molar-refractivity contribution in [1.82, 2.24) is 4.98 Å². The molecule has 0 unspecified atom stereocenters. The van der Waals surface area contributed by atoms with Crippen LogP contribution >= 0.6 is 0 Å². The number of benzene rings is 1. The normalized spacial score (nSPS) is 13.5. The Morgan fingerprint density at radius 1 is 1.35 bits per heavy atom. The van der Waals surface area contributed by atoms with Gasteiger partial charge in [0.1, 0.15) is 11.7 Å². The highest BCUT2D eigenvalue weighted by molar-refractivity contribution is 6.11. The number of nitrogens with zero attached hydrogens (tertiary/aromatic N) is 2. The molecule has 102 valence electrons. The third-order valence-electron chi connectivity index (χ3n) is 3.25. The molecule has 0 atom stereocenters. The van der Waals surface area contributed by atoms with Gasteiger partial charge in [-0.05, 0) is 30.7 Å². The minimum Gasteiger partial charge on any atom is -0.478 e. The molecular weight excluding hydrogens is 257 g/mol. The number of amidine groups is 1. The minimum atomic E-state index is -0.319. The van der Waals surface area contributed by atoms with Gasteiger partial charge in [-0.25, -0.2) is 9.37 Å². The second kappa shape index (κ2) is 4.92. The maximum absolute atomic E-state index is 13.3. The standard InChI is InChI=1S/C15H14FN3O/c1-2-20-14-6-5-12(8-18-14)19-9-10-3-4-11(16)7-13(10)15(19)17/h3-8,17H,2,9H2,1H3. The van der Waals surface area contributed by atoms with Crippen molar-refractivity contribution in [3.8, 4) is 5.88 Å². The topological polar surface area (TPSA) is 49.2 Å². The molecule has 0 spiro atoms. The fraction of sp³-hybridized carbons (Fsp3) is 0.200. The number of nitrogens with one attached hydrogen (secondary N) is 1. The Morgan fingerprint density at radius 3 is 2.90 bits per heavy atom. The summed E-state index contributed by atoms with van der Waals surface area (Å²) < 4.78 is 18.6. The van der Waals surface area contributed by atoms with Gasteiger partial charge in [-0.3, -0.25) is 5.41 Å². The Kier molecular flexibility index (Phi) is 3.10. The number of anilines is 1. The predicted molar refractivity (Wildman–Crippen MR) is 74.8 cm³/mol. The highest BCUT2D eigenvalue weighted by Gasteiger charge is 2.25. The predicted octanol–water partition coefficient (Wildman–Crippen LogP) is 2.96. The van der Waals surface area contributed by atoms with Gasteiger partial charge in [0.25, 0.3) is 0 Å². The molecule has 0 bridgehead atoms. The molecule has 0 radical (unpaired) electrons. The van der Waals surface area contributed by atoms with Crippen LogP contribution in [0.5, 0.6) is 5.88 Å². The largest absolute Gasteiger partial charge is 0.478 e. The van der Waals surface area contributed by atoms with Crippen molar-refractivity contribution in [2.45, 2.75) is 13.5 Å².